The number of carbonyl (C=O) groups is 1. The van der Waals surface area contributed by atoms with Crippen molar-refractivity contribution in [3.05, 3.63) is 41.7 Å². The molecule has 1 aromatic carbocycles. The van der Waals surface area contributed by atoms with Gasteiger partial charge in [-0.2, -0.15) is 0 Å². The van der Waals surface area contributed by atoms with E-state index in [0.29, 0.717) is 17.5 Å². The zero-order valence-electron chi connectivity index (χ0n) is 17.6. The molecular weight excluding hydrogens is 416 g/mol. The molecule has 2 aliphatic heterocycles. The van der Waals surface area contributed by atoms with Crippen LogP contribution in [0, 0.1) is 5.92 Å². The molecule has 0 saturated carbocycles. The number of anilines is 3. The Morgan fingerprint density at radius 1 is 1.06 bits per heavy atom. The van der Waals surface area contributed by atoms with Gasteiger partial charge in [-0.15, -0.1) is 0 Å². The lowest BCUT2D eigenvalue weighted by Gasteiger charge is -2.36. The number of nitrogens with zero attached hydrogens (tertiary/aromatic N) is 5. The lowest BCUT2D eigenvalue weighted by atomic mass is 9.99. The van der Waals surface area contributed by atoms with Crippen molar-refractivity contribution >= 4 is 34.8 Å². The minimum Gasteiger partial charge on any atom is -0.396 e. The number of benzene rings is 1. The molecule has 166 valence electrons. The predicted octanol–water partition coefficient (Wildman–Crippen LogP) is 2.10. The monoisotopic (exact) mass is 444 g/mol. The van der Waals surface area contributed by atoms with Gasteiger partial charge in [-0.05, 0) is 43.0 Å². The highest BCUT2D eigenvalue weighted by Gasteiger charge is 2.23. The van der Waals surface area contributed by atoms with Crippen LogP contribution in [0.5, 0.6) is 0 Å². The highest BCUT2D eigenvalue weighted by Crippen LogP contribution is 2.24. The lowest BCUT2D eigenvalue weighted by molar-refractivity contribution is -0.117. The van der Waals surface area contributed by atoms with Gasteiger partial charge in [0.25, 0.3) is 0 Å². The summed E-state index contributed by atoms with van der Waals surface area (Å²) in [4.78, 5) is 27.9. The topological polar surface area (TPSA) is 84.8 Å². The zero-order chi connectivity index (χ0) is 21.6. The molecule has 4 rings (SSSR count). The molecule has 1 aromatic heterocycles. The van der Waals surface area contributed by atoms with Gasteiger partial charge < -0.3 is 20.2 Å². The average molecular weight is 445 g/mol. The minimum absolute atomic E-state index is 0.0244. The number of carbonyl (C=O) groups excluding carboxylic acids is 1. The van der Waals surface area contributed by atoms with Crippen LogP contribution in [0.2, 0.25) is 5.02 Å². The van der Waals surface area contributed by atoms with Crippen molar-refractivity contribution in [3.63, 3.8) is 0 Å². The molecular formula is C22H29ClN6O2. The summed E-state index contributed by atoms with van der Waals surface area (Å²) in [5.41, 5.74) is 0.753. The molecule has 2 saturated heterocycles. The summed E-state index contributed by atoms with van der Waals surface area (Å²) in [5, 5.41) is 13.1. The number of piperidine rings is 1. The molecule has 8 nitrogen and oxygen atoms in total. The van der Waals surface area contributed by atoms with Gasteiger partial charge in [0, 0.05) is 62.7 Å². The average Bonchev–Trinajstić information content (AvgIpc) is 2.81. The van der Waals surface area contributed by atoms with E-state index in [1.54, 1.807) is 30.6 Å². The molecule has 1 atom stereocenters. The molecule has 0 radical (unpaired) electrons. The van der Waals surface area contributed by atoms with Crippen LogP contribution in [-0.2, 0) is 4.79 Å². The highest BCUT2D eigenvalue weighted by atomic mass is 35.5. The van der Waals surface area contributed by atoms with Crippen molar-refractivity contribution in [2.24, 2.45) is 5.92 Å². The Balaban J connectivity index is 1.28. The Kier molecular flexibility index (Phi) is 7.21. The number of piperazine rings is 1. The Hall–Kier alpha value is -2.42. The summed E-state index contributed by atoms with van der Waals surface area (Å²) in [6, 6.07) is 9.17. The fourth-order valence-corrected chi connectivity index (χ4v) is 4.30. The van der Waals surface area contributed by atoms with Gasteiger partial charge in [-0.3, -0.25) is 9.69 Å². The van der Waals surface area contributed by atoms with Crippen molar-refractivity contribution in [1.29, 1.82) is 0 Å². The number of rotatable bonds is 6. The van der Waals surface area contributed by atoms with E-state index in [1.165, 1.54) is 0 Å². The molecule has 2 fully saturated rings. The number of hydrogen-bond acceptors (Lipinski definition) is 7. The molecule has 3 heterocycles. The third-order valence-electron chi connectivity index (χ3n) is 5.93. The van der Waals surface area contributed by atoms with E-state index >= 15 is 0 Å². The number of halogens is 1. The zero-order valence-corrected chi connectivity index (χ0v) is 18.3. The molecule has 0 bridgehead atoms. The largest absolute Gasteiger partial charge is 0.396 e. The second-order valence-electron chi connectivity index (χ2n) is 8.19. The number of aliphatic hydroxyl groups is 1. The second kappa shape index (κ2) is 10.3. The third-order valence-corrected chi connectivity index (χ3v) is 6.18. The number of hydrogen-bond donors (Lipinski definition) is 2. The molecule has 2 N–H and O–H groups in total. The van der Waals surface area contributed by atoms with Crippen molar-refractivity contribution in [1.82, 2.24) is 14.9 Å². The van der Waals surface area contributed by atoms with E-state index in [0.717, 1.165) is 69.4 Å². The van der Waals surface area contributed by atoms with Crippen LogP contribution in [-0.4, -0.2) is 78.3 Å². The third kappa shape index (κ3) is 5.84. The maximum atomic E-state index is 12.3. The maximum absolute atomic E-state index is 12.3. The molecule has 0 spiro atoms. The second-order valence-corrected chi connectivity index (χ2v) is 8.63. The maximum Gasteiger partial charge on any atom is 0.238 e. The Morgan fingerprint density at radius 3 is 2.48 bits per heavy atom. The van der Waals surface area contributed by atoms with E-state index in [4.69, 9.17) is 11.6 Å². The first-order chi connectivity index (χ1) is 15.1. The summed E-state index contributed by atoms with van der Waals surface area (Å²) in [5.74, 6) is 2.13. The van der Waals surface area contributed by atoms with Crippen molar-refractivity contribution < 1.29 is 9.90 Å². The first-order valence-electron chi connectivity index (χ1n) is 10.8. The first-order valence-corrected chi connectivity index (χ1v) is 11.2. The normalized spacial score (nSPS) is 20.0. The van der Waals surface area contributed by atoms with E-state index in [-0.39, 0.29) is 12.5 Å². The van der Waals surface area contributed by atoms with E-state index in [2.05, 4.69) is 30.0 Å². The summed E-state index contributed by atoms with van der Waals surface area (Å²) >= 11 is 5.89. The first kappa shape index (κ1) is 21.8. The van der Waals surface area contributed by atoms with Gasteiger partial charge in [0.2, 0.25) is 5.91 Å². The van der Waals surface area contributed by atoms with Crippen LogP contribution in [0.3, 0.4) is 0 Å². The van der Waals surface area contributed by atoms with Crippen LogP contribution < -0.4 is 15.1 Å². The predicted molar refractivity (Wildman–Crippen MR) is 123 cm³/mol. The number of aromatic nitrogens is 2. The molecule has 0 aliphatic carbocycles. The Labute approximate surface area is 187 Å². The fraction of sp³-hybridized carbons (Fsp3) is 0.500. The number of nitrogens with one attached hydrogen (secondary N) is 1. The molecule has 2 aliphatic rings. The fourth-order valence-electron chi connectivity index (χ4n) is 4.18. The van der Waals surface area contributed by atoms with Gasteiger partial charge in [0.15, 0.2) is 0 Å². The lowest BCUT2D eigenvalue weighted by Crippen LogP contribution is -2.49. The Morgan fingerprint density at radius 2 is 1.77 bits per heavy atom. The summed E-state index contributed by atoms with van der Waals surface area (Å²) in [6.07, 6.45) is 3.76. The van der Waals surface area contributed by atoms with Crippen LogP contribution in [0.4, 0.5) is 17.3 Å². The summed E-state index contributed by atoms with van der Waals surface area (Å²) in [7, 11) is 0. The van der Waals surface area contributed by atoms with E-state index < -0.39 is 0 Å². The molecule has 1 amide bonds. The standard InChI is InChI=1S/C22H29ClN6O2/c23-18-3-5-19(6-4-18)26-22(31)14-27-8-10-28(11-9-27)20-12-21(25-16-24-20)29-7-1-2-17(13-29)15-30/h3-6,12,16-17,30H,1-2,7-11,13-15H2,(H,26,31). The van der Waals surface area contributed by atoms with E-state index in [1.807, 2.05) is 6.07 Å². The summed E-state index contributed by atoms with van der Waals surface area (Å²) < 4.78 is 0. The number of amides is 1. The summed E-state index contributed by atoms with van der Waals surface area (Å²) in [6.45, 7) is 5.60. The Bertz CT molecular complexity index is 873. The molecule has 2 aromatic rings. The molecule has 9 heteroatoms. The van der Waals surface area contributed by atoms with Gasteiger partial charge in [-0.25, -0.2) is 9.97 Å². The van der Waals surface area contributed by atoms with Crippen LogP contribution >= 0.6 is 11.6 Å². The quantitative estimate of drug-likeness (QED) is 0.705. The van der Waals surface area contributed by atoms with Crippen LogP contribution in [0.15, 0.2) is 36.7 Å². The highest BCUT2D eigenvalue weighted by molar-refractivity contribution is 6.30. The minimum atomic E-state index is -0.0244. The van der Waals surface area contributed by atoms with Gasteiger partial charge in [-0.1, -0.05) is 11.6 Å². The van der Waals surface area contributed by atoms with Crippen molar-refractivity contribution in [2.75, 3.05) is 67.5 Å². The van der Waals surface area contributed by atoms with Gasteiger partial charge >= 0.3 is 0 Å². The van der Waals surface area contributed by atoms with Crippen molar-refractivity contribution in [3.8, 4) is 0 Å². The van der Waals surface area contributed by atoms with Crippen LogP contribution in [0.25, 0.3) is 0 Å². The molecule has 1 unspecified atom stereocenters. The SMILES string of the molecule is O=C(CN1CCN(c2cc(N3CCCC(CO)C3)ncn2)CC1)Nc1ccc(Cl)cc1. The van der Waals surface area contributed by atoms with Crippen molar-refractivity contribution in [2.45, 2.75) is 12.8 Å². The number of aliphatic hydroxyl groups excluding tert-OH is 1. The van der Waals surface area contributed by atoms with Gasteiger partial charge in [0.05, 0.1) is 6.54 Å². The van der Waals surface area contributed by atoms with Gasteiger partial charge in [0.1, 0.15) is 18.0 Å². The van der Waals surface area contributed by atoms with Crippen LogP contribution in [0.1, 0.15) is 12.8 Å². The van der Waals surface area contributed by atoms with E-state index in [9.17, 15) is 9.90 Å². The smallest absolute Gasteiger partial charge is 0.238 e. The molecule has 31 heavy (non-hydrogen) atoms.